The fourth-order valence-electron chi connectivity index (χ4n) is 2.48. The van der Waals surface area contributed by atoms with Crippen molar-refractivity contribution in [1.29, 1.82) is 0 Å². The maximum Gasteiger partial charge on any atom is 0.254 e. The molecule has 2 N–H and O–H groups in total. The van der Waals surface area contributed by atoms with E-state index >= 15 is 0 Å². The summed E-state index contributed by atoms with van der Waals surface area (Å²) in [5.41, 5.74) is 6.28. The highest BCUT2D eigenvalue weighted by molar-refractivity contribution is 5.94. The fourth-order valence-corrected chi connectivity index (χ4v) is 2.48. The third-order valence-corrected chi connectivity index (χ3v) is 3.56. The molecule has 6 heteroatoms. The Morgan fingerprint density at radius 3 is 2.72 bits per heavy atom. The number of halogens is 3. The summed E-state index contributed by atoms with van der Waals surface area (Å²) in [6.45, 7) is 1.32. The molecule has 2 atom stereocenters. The van der Waals surface area contributed by atoms with Crippen LogP contribution in [-0.2, 0) is 0 Å². The number of benzene rings is 1. The molecule has 100 valence electrons. The van der Waals surface area contributed by atoms with Crippen LogP contribution in [0.2, 0.25) is 0 Å². The first-order chi connectivity index (χ1) is 7.58. The molecule has 2 aliphatic rings. The largest absolute Gasteiger partial charge is 0.336 e. The highest BCUT2D eigenvalue weighted by Gasteiger charge is 2.58. The van der Waals surface area contributed by atoms with E-state index in [2.05, 4.69) is 0 Å². The minimum atomic E-state index is -0.377. The first-order valence-electron chi connectivity index (χ1n) is 5.42. The second-order valence-electron chi connectivity index (χ2n) is 4.83. The molecule has 0 radical (unpaired) electrons. The number of likely N-dealkylation sites (tertiary alicyclic amines) is 1. The molecule has 0 spiro atoms. The number of hydrogen-bond donors (Lipinski definition) is 1. The quantitative estimate of drug-likeness (QED) is 0.859. The van der Waals surface area contributed by atoms with Crippen molar-refractivity contribution >= 4 is 30.7 Å². The molecule has 2 unspecified atom stereocenters. The molecule has 1 aromatic carbocycles. The number of nitrogens with two attached hydrogens (primary N) is 1. The summed E-state index contributed by atoms with van der Waals surface area (Å²) in [4.78, 5) is 13.7. The zero-order chi connectivity index (χ0) is 11.3. The first kappa shape index (κ1) is 15.2. The summed E-state index contributed by atoms with van der Waals surface area (Å²) in [6, 6.07) is 5.80. The number of amides is 1. The summed E-state index contributed by atoms with van der Waals surface area (Å²) in [5.74, 6) is -0.0424. The van der Waals surface area contributed by atoms with Gasteiger partial charge in [0.05, 0.1) is 0 Å². The molecule has 1 aromatic rings. The highest BCUT2D eigenvalue weighted by atomic mass is 35.5. The Balaban J connectivity index is 0.000000810. The monoisotopic (exact) mass is 292 g/mol. The van der Waals surface area contributed by atoms with Crippen LogP contribution in [-0.4, -0.2) is 29.4 Å². The molecule has 18 heavy (non-hydrogen) atoms. The maximum atomic E-state index is 13.0. The van der Waals surface area contributed by atoms with Crippen molar-refractivity contribution in [2.24, 2.45) is 11.7 Å². The lowest BCUT2D eigenvalue weighted by Crippen LogP contribution is -2.37. The minimum Gasteiger partial charge on any atom is -0.336 e. The Hall–Kier alpha value is -0.840. The zero-order valence-electron chi connectivity index (χ0n) is 9.64. The molecule has 0 aromatic heterocycles. The van der Waals surface area contributed by atoms with Crippen LogP contribution in [0.4, 0.5) is 4.39 Å². The SMILES string of the molecule is Cl.Cl.NC12CC1CN(C(=O)c1cccc(F)c1)C2. The van der Waals surface area contributed by atoms with Crippen LogP contribution in [0.5, 0.6) is 0 Å². The average molecular weight is 293 g/mol. The third kappa shape index (κ3) is 2.46. The molecule has 2 fully saturated rings. The normalized spacial score (nSPS) is 27.9. The highest BCUT2D eigenvalue weighted by Crippen LogP contribution is 2.47. The average Bonchev–Trinajstić information content (AvgIpc) is 2.76. The maximum absolute atomic E-state index is 13.0. The molecule has 1 amide bonds. The Labute approximate surface area is 117 Å². The molecular weight excluding hydrogens is 278 g/mol. The van der Waals surface area contributed by atoms with Crippen molar-refractivity contribution in [3.05, 3.63) is 35.6 Å². The van der Waals surface area contributed by atoms with Gasteiger partial charge in [-0.1, -0.05) is 6.07 Å². The summed E-state index contributed by atoms with van der Waals surface area (Å²) in [6.07, 6.45) is 1.01. The van der Waals surface area contributed by atoms with E-state index in [1.165, 1.54) is 12.1 Å². The Morgan fingerprint density at radius 1 is 1.44 bits per heavy atom. The van der Waals surface area contributed by atoms with Gasteiger partial charge in [-0.05, 0) is 30.5 Å². The van der Waals surface area contributed by atoms with Crippen LogP contribution < -0.4 is 5.73 Å². The fraction of sp³-hybridized carbons (Fsp3) is 0.417. The van der Waals surface area contributed by atoms with Crippen molar-refractivity contribution in [2.75, 3.05) is 13.1 Å². The molecule has 0 bridgehead atoms. The third-order valence-electron chi connectivity index (χ3n) is 3.56. The summed E-state index contributed by atoms with van der Waals surface area (Å²) in [5, 5.41) is 0. The van der Waals surface area contributed by atoms with Crippen LogP contribution in [0.3, 0.4) is 0 Å². The Kier molecular flexibility index (Phi) is 4.26. The Bertz CT molecular complexity index is 471. The molecule has 1 heterocycles. The van der Waals surface area contributed by atoms with E-state index in [0.29, 0.717) is 24.6 Å². The van der Waals surface area contributed by atoms with E-state index in [-0.39, 0.29) is 42.1 Å². The van der Waals surface area contributed by atoms with Gasteiger partial charge >= 0.3 is 0 Å². The molecular formula is C12H15Cl2FN2O. The summed E-state index contributed by atoms with van der Waals surface area (Å²) < 4.78 is 13.0. The van der Waals surface area contributed by atoms with Gasteiger partial charge in [-0.3, -0.25) is 4.79 Å². The van der Waals surface area contributed by atoms with Crippen LogP contribution >= 0.6 is 24.8 Å². The molecule has 1 saturated heterocycles. The van der Waals surface area contributed by atoms with Crippen molar-refractivity contribution < 1.29 is 9.18 Å². The number of fused-ring (bicyclic) bond motifs is 1. The van der Waals surface area contributed by atoms with E-state index in [1.54, 1.807) is 17.0 Å². The van der Waals surface area contributed by atoms with E-state index in [1.807, 2.05) is 0 Å². The summed E-state index contributed by atoms with van der Waals surface area (Å²) in [7, 11) is 0. The molecule has 3 rings (SSSR count). The lowest BCUT2D eigenvalue weighted by Gasteiger charge is -2.19. The topological polar surface area (TPSA) is 46.3 Å². The smallest absolute Gasteiger partial charge is 0.254 e. The predicted molar refractivity (Wildman–Crippen MR) is 71.8 cm³/mol. The van der Waals surface area contributed by atoms with Gasteiger partial charge in [0.1, 0.15) is 5.82 Å². The van der Waals surface area contributed by atoms with E-state index in [9.17, 15) is 9.18 Å². The van der Waals surface area contributed by atoms with Crippen molar-refractivity contribution in [3.63, 3.8) is 0 Å². The number of hydrogen-bond acceptors (Lipinski definition) is 2. The summed E-state index contributed by atoms with van der Waals surface area (Å²) >= 11 is 0. The zero-order valence-corrected chi connectivity index (χ0v) is 11.3. The van der Waals surface area contributed by atoms with Crippen LogP contribution in [0.25, 0.3) is 0 Å². The van der Waals surface area contributed by atoms with Crippen molar-refractivity contribution in [3.8, 4) is 0 Å². The van der Waals surface area contributed by atoms with Crippen molar-refractivity contribution in [1.82, 2.24) is 4.90 Å². The second-order valence-corrected chi connectivity index (χ2v) is 4.83. The van der Waals surface area contributed by atoms with Gasteiger partial charge in [0.15, 0.2) is 0 Å². The number of carbonyl (C=O) groups excluding carboxylic acids is 1. The number of piperidine rings is 1. The standard InChI is InChI=1S/C12H13FN2O.2ClH/c13-10-3-1-2-8(4-10)11(16)15-6-9-5-12(9,14)7-15;;/h1-4,9H,5-7,14H2;2*1H. The van der Waals surface area contributed by atoms with Gasteiger partial charge in [-0.2, -0.15) is 0 Å². The van der Waals surface area contributed by atoms with E-state index < -0.39 is 0 Å². The van der Waals surface area contributed by atoms with Crippen molar-refractivity contribution in [2.45, 2.75) is 12.0 Å². The molecule has 1 aliphatic heterocycles. The second kappa shape index (κ2) is 5.03. The van der Waals surface area contributed by atoms with Gasteiger partial charge in [-0.15, -0.1) is 24.8 Å². The number of nitrogens with zero attached hydrogens (tertiary/aromatic N) is 1. The molecule has 1 aliphatic carbocycles. The lowest BCUT2D eigenvalue weighted by molar-refractivity contribution is 0.0772. The molecule has 1 saturated carbocycles. The van der Waals surface area contributed by atoms with Gasteiger partial charge in [0.2, 0.25) is 0 Å². The van der Waals surface area contributed by atoms with Gasteiger partial charge in [-0.25, -0.2) is 4.39 Å². The van der Waals surface area contributed by atoms with Crippen LogP contribution in [0.15, 0.2) is 24.3 Å². The number of rotatable bonds is 1. The molecule has 3 nitrogen and oxygen atoms in total. The minimum absolute atomic E-state index is 0. The Morgan fingerprint density at radius 2 is 2.17 bits per heavy atom. The van der Waals surface area contributed by atoms with Gasteiger partial charge in [0.25, 0.3) is 5.91 Å². The van der Waals surface area contributed by atoms with E-state index in [0.717, 1.165) is 6.42 Å². The van der Waals surface area contributed by atoms with E-state index in [4.69, 9.17) is 5.73 Å². The van der Waals surface area contributed by atoms with Gasteiger partial charge < -0.3 is 10.6 Å². The van der Waals surface area contributed by atoms with Crippen LogP contribution in [0, 0.1) is 11.7 Å². The predicted octanol–water partition coefficient (Wildman–Crippen LogP) is 1.84. The van der Waals surface area contributed by atoms with Gasteiger partial charge in [0, 0.05) is 24.2 Å². The van der Waals surface area contributed by atoms with Crippen LogP contribution in [0.1, 0.15) is 16.8 Å². The lowest BCUT2D eigenvalue weighted by atomic mass is 10.2. The first-order valence-corrected chi connectivity index (χ1v) is 5.42. The number of carbonyl (C=O) groups is 1.